The van der Waals surface area contributed by atoms with E-state index in [1.165, 1.54) is 11.8 Å². The molecule has 1 aromatic heterocycles. The average molecular weight is 345 g/mol. The summed E-state index contributed by atoms with van der Waals surface area (Å²) in [6, 6.07) is 5.87. The van der Waals surface area contributed by atoms with E-state index in [0.717, 1.165) is 28.4 Å². The molecule has 0 fully saturated rings. The van der Waals surface area contributed by atoms with Gasteiger partial charge in [0.25, 0.3) is 0 Å². The van der Waals surface area contributed by atoms with E-state index in [1.54, 1.807) is 11.8 Å². The van der Waals surface area contributed by atoms with Gasteiger partial charge in [-0.2, -0.15) is 11.8 Å². The molecule has 1 atom stereocenters. The first-order chi connectivity index (χ1) is 10.1. The van der Waals surface area contributed by atoms with E-state index in [2.05, 4.69) is 22.7 Å². The lowest BCUT2D eigenvalue weighted by atomic mass is 10.2. The van der Waals surface area contributed by atoms with Crippen molar-refractivity contribution in [1.29, 1.82) is 0 Å². The predicted octanol–water partition coefficient (Wildman–Crippen LogP) is 4.18. The fraction of sp³-hybridized carbons (Fsp3) is 0.429. The number of carbonyl (C=O) groups is 1. The van der Waals surface area contributed by atoms with Gasteiger partial charge < -0.3 is 9.67 Å². The van der Waals surface area contributed by atoms with Crippen LogP contribution >= 0.6 is 35.1 Å². The molecule has 0 spiro atoms. The average Bonchev–Trinajstić information content (AvgIpc) is 2.82. The summed E-state index contributed by atoms with van der Waals surface area (Å²) in [5, 5.41) is 10.3. The number of thioether (sulfide) groups is 2. The fourth-order valence-corrected chi connectivity index (χ4v) is 4.04. The quantitative estimate of drug-likeness (QED) is 0.763. The second-order valence-electron chi connectivity index (χ2n) is 4.57. The number of benzene rings is 1. The van der Waals surface area contributed by atoms with Crippen LogP contribution in [-0.4, -0.2) is 38.4 Å². The Morgan fingerprint density at radius 2 is 2.29 bits per heavy atom. The van der Waals surface area contributed by atoms with Gasteiger partial charge in [-0.15, -0.1) is 0 Å². The van der Waals surface area contributed by atoms with Crippen LogP contribution < -0.4 is 0 Å². The van der Waals surface area contributed by atoms with Crippen molar-refractivity contribution in [2.24, 2.45) is 0 Å². The topological polar surface area (TPSA) is 55.1 Å². The normalized spacial score (nSPS) is 12.7. The van der Waals surface area contributed by atoms with Crippen LogP contribution in [0.25, 0.3) is 11.0 Å². The van der Waals surface area contributed by atoms with Gasteiger partial charge in [-0.1, -0.05) is 36.4 Å². The van der Waals surface area contributed by atoms with Gasteiger partial charge in [0, 0.05) is 11.8 Å². The number of rotatable bonds is 7. The molecule has 21 heavy (non-hydrogen) atoms. The van der Waals surface area contributed by atoms with E-state index in [-0.39, 0.29) is 11.8 Å². The van der Waals surface area contributed by atoms with Gasteiger partial charge in [-0.25, -0.2) is 4.98 Å². The standard InChI is InChI=1S/C14H17ClN2O2S2/c1-3-9(7-20-2)17-13-10(15)5-4-6-11(13)16-14(17)21-8-12(18)19/h4-6,9H,3,7-8H2,1-2H3,(H,18,19). The molecule has 1 N–H and O–H groups in total. The highest BCUT2D eigenvalue weighted by molar-refractivity contribution is 7.99. The number of carboxylic acid groups (broad SMARTS) is 1. The van der Waals surface area contributed by atoms with Crippen LogP contribution in [0, 0.1) is 0 Å². The van der Waals surface area contributed by atoms with Gasteiger partial charge in [0.1, 0.15) is 0 Å². The highest BCUT2D eigenvalue weighted by Gasteiger charge is 2.20. The van der Waals surface area contributed by atoms with Gasteiger partial charge >= 0.3 is 5.97 Å². The van der Waals surface area contributed by atoms with Crippen molar-refractivity contribution < 1.29 is 9.90 Å². The number of imidazole rings is 1. The number of halogens is 1. The molecule has 0 aliphatic carbocycles. The van der Waals surface area contributed by atoms with Crippen LogP contribution in [0.1, 0.15) is 19.4 Å². The molecule has 4 nitrogen and oxygen atoms in total. The number of carboxylic acids is 1. The van der Waals surface area contributed by atoms with Gasteiger partial charge in [0.15, 0.2) is 5.16 Å². The van der Waals surface area contributed by atoms with Crippen molar-refractivity contribution in [2.45, 2.75) is 24.5 Å². The second kappa shape index (κ2) is 7.42. The second-order valence-corrected chi connectivity index (χ2v) is 6.83. The highest BCUT2D eigenvalue weighted by Crippen LogP contribution is 2.34. The Morgan fingerprint density at radius 3 is 2.90 bits per heavy atom. The molecule has 0 saturated heterocycles. The Kier molecular flexibility index (Phi) is 5.84. The van der Waals surface area contributed by atoms with Crippen molar-refractivity contribution in [2.75, 3.05) is 17.8 Å². The van der Waals surface area contributed by atoms with Crippen LogP contribution in [0.15, 0.2) is 23.4 Å². The van der Waals surface area contributed by atoms with Crippen molar-refractivity contribution in [1.82, 2.24) is 9.55 Å². The lowest BCUT2D eigenvalue weighted by Gasteiger charge is -2.19. The number of aliphatic carboxylic acids is 1. The Labute approximate surface area is 137 Å². The zero-order valence-corrected chi connectivity index (χ0v) is 14.3. The number of nitrogens with zero attached hydrogens (tertiary/aromatic N) is 2. The molecule has 1 heterocycles. The number of fused-ring (bicyclic) bond motifs is 1. The minimum Gasteiger partial charge on any atom is -0.481 e. The van der Waals surface area contributed by atoms with Gasteiger partial charge in [0.2, 0.25) is 0 Å². The van der Waals surface area contributed by atoms with E-state index in [9.17, 15) is 4.79 Å². The first-order valence-corrected chi connectivity index (χ1v) is 9.34. The lowest BCUT2D eigenvalue weighted by Crippen LogP contribution is -2.13. The van der Waals surface area contributed by atoms with Crippen LogP contribution in [0.2, 0.25) is 5.02 Å². The number of hydrogen-bond acceptors (Lipinski definition) is 4. The maximum Gasteiger partial charge on any atom is 0.313 e. The Morgan fingerprint density at radius 1 is 1.52 bits per heavy atom. The molecule has 7 heteroatoms. The molecule has 0 bridgehead atoms. The van der Waals surface area contributed by atoms with Crippen molar-refractivity contribution in [3.05, 3.63) is 23.2 Å². The number of aromatic nitrogens is 2. The van der Waals surface area contributed by atoms with E-state index >= 15 is 0 Å². The summed E-state index contributed by atoms with van der Waals surface area (Å²) in [6.07, 6.45) is 3.01. The molecule has 114 valence electrons. The molecule has 0 amide bonds. The fourth-order valence-electron chi connectivity index (χ4n) is 2.22. The smallest absolute Gasteiger partial charge is 0.313 e. The molecule has 1 unspecified atom stereocenters. The number of hydrogen-bond donors (Lipinski definition) is 1. The van der Waals surface area contributed by atoms with Crippen LogP contribution in [0.5, 0.6) is 0 Å². The Hall–Kier alpha value is -0.850. The first kappa shape index (κ1) is 16.5. The summed E-state index contributed by atoms with van der Waals surface area (Å²) >= 11 is 9.35. The van der Waals surface area contributed by atoms with Crippen molar-refractivity contribution in [3.8, 4) is 0 Å². The summed E-state index contributed by atoms with van der Waals surface area (Å²) in [5.41, 5.74) is 1.71. The summed E-state index contributed by atoms with van der Waals surface area (Å²) in [4.78, 5) is 15.4. The third kappa shape index (κ3) is 3.67. The van der Waals surface area contributed by atoms with E-state index in [4.69, 9.17) is 16.7 Å². The van der Waals surface area contributed by atoms with E-state index in [1.807, 2.05) is 18.2 Å². The third-order valence-electron chi connectivity index (χ3n) is 3.15. The Bertz CT molecular complexity index is 645. The van der Waals surface area contributed by atoms with Crippen LogP contribution in [-0.2, 0) is 4.79 Å². The molecule has 1 aromatic carbocycles. The van der Waals surface area contributed by atoms with Gasteiger partial charge in [-0.05, 0) is 24.8 Å². The lowest BCUT2D eigenvalue weighted by molar-refractivity contribution is -0.133. The van der Waals surface area contributed by atoms with Crippen LogP contribution in [0.4, 0.5) is 0 Å². The van der Waals surface area contributed by atoms with Crippen LogP contribution in [0.3, 0.4) is 0 Å². The zero-order valence-electron chi connectivity index (χ0n) is 11.9. The largest absolute Gasteiger partial charge is 0.481 e. The molecule has 0 saturated carbocycles. The molecular formula is C14H17ClN2O2S2. The zero-order chi connectivity index (χ0) is 15.4. The number of para-hydroxylation sites is 1. The monoisotopic (exact) mass is 344 g/mol. The minimum atomic E-state index is -0.845. The summed E-state index contributed by atoms with van der Waals surface area (Å²) in [5.74, 6) is 0.0902. The first-order valence-electron chi connectivity index (χ1n) is 6.58. The minimum absolute atomic E-state index is 0.00333. The molecule has 0 aliphatic heterocycles. The van der Waals surface area contributed by atoms with E-state index < -0.39 is 5.97 Å². The molecule has 0 aliphatic rings. The summed E-state index contributed by atoms with van der Waals surface area (Å²) in [6.45, 7) is 2.12. The van der Waals surface area contributed by atoms with Crippen molar-refractivity contribution in [3.63, 3.8) is 0 Å². The molecule has 2 rings (SSSR count). The highest BCUT2D eigenvalue weighted by atomic mass is 35.5. The maximum atomic E-state index is 10.8. The SMILES string of the molecule is CCC(CSC)n1c(SCC(=O)O)nc2cccc(Cl)c21. The van der Waals surface area contributed by atoms with Crippen molar-refractivity contribution >= 4 is 52.1 Å². The maximum absolute atomic E-state index is 10.8. The molecule has 2 aromatic rings. The molecular weight excluding hydrogens is 328 g/mol. The summed E-state index contributed by atoms with van der Waals surface area (Å²) < 4.78 is 2.10. The molecule has 0 radical (unpaired) electrons. The summed E-state index contributed by atoms with van der Waals surface area (Å²) in [7, 11) is 0. The predicted molar refractivity (Wildman–Crippen MR) is 90.8 cm³/mol. The Balaban J connectivity index is 2.55. The van der Waals surface area contributed by atoms with E-state index in [0.29, 0.717) is 5.02 Å². The van der Waals surface area contributed by atoms with Gasteiger partial charge in [0.05, 0.1) is 21.8 Å². The third-order valence-corrected chi connectivity index (χ3v) is 5.11. The van der Waals surface area contributed by atoms with Gasteiger partial charge in [-0.3, -0.25) is 4.79 Å².